The van der Waals surface area contributed by atoms with Crippen molar-refractivity contribution in [3.05, 3.63) is 101 Å². The quantitative estimate of drug-likeness (QED) is 0.476. The number of amides is 1. The predicted molar refractivity (Wildman–Crippen MR) is 107 cm³/mol. The molecule has 3 aromatic rings. The summed E-state index contributed by atoms with van der Waals surface area (Å²) in [6.45, 7) is 0.237. The van der Waals surface area contributed by atoms with E-state index in [0.29, 0.717) is 11.3 Å². The van der Waals surface area contributed by atoms with Crippen molar-refractivity contribution in [2.75, 3.05) is 6.61 Å². The monoisotopic (exact) mass is 408 g/mol. The lowest BCUT2D eigenvalue weighted by Gasteiger charge is -2.10. The molecule has 0 heterocycles. The van der Waals surface area contributed by atoms with Gasteiger partial charge in [-0.05, 0) is 36.4 Å². The summed E-state index contributed by atoms with van der Waals surface area (Å²) in [5, 5.41) is 4.29. The minimum absolute atomic E-state index is 0.237. The van der Waals surface area contributed by atoms with Crippen molar-refractivity contribution in [3.8, 4) is 5.75 Å². The van der Waals surface area contributed by atoms with Gasteiger partial charge in [-0.25, -0.2) is 5.43 Å². The summed E-state index contributed by atoms with van der Waals surface area (Å²) in [5.41, 5.74) is 4.66. The molecule has 0 saturated heterocycles. The molecule has 0 unspecified atom stereocenters. The van der Waals surface area contributed by atoms with Crippen molar-refractivity contribution >= 4 is 27.5 Å². The lowest BCUT2D eigenvalue weighted by atomic mass is 10.1. The van der Waals surface area contributed by atoms with Crippen molar-refractivity contribution in [1.29, 1.82) is 0 Å². The van der Waals surface area contributed by atoms with Crippen molar-refractivity contribution < 1.29 is 9.53 Å². The highest BCUT2D eigenvalue weighted by molar-refractivity contribution is 9.10. The third-order valence-corrected chi connectivity index (χ3v) is 4.15. The molecule has 3 rings (SSSR count). The lowest BCUT2D eigenvalue weighted by molar-refractivity contribution is 0.0954. The molecule has 130 valence electrons. The van der Waals surface area contributed by atoms with Gasteiger partial charge < -0.3 is 4.74 Å². The Hall–Kier alpha value is -2.92. The highest BCUT2D eigenvalue weighted by Gasteiger charge is 2.08. The number of para-hydroxylation sites is 1. The van der Waals surface area contributed by atoms with Crippen LogP contribution in [-0.2, 0) is 0 Å². The molecule has 3 aromatic carbocycles. The Morgan fingerprint density at radius 3 is 2.12 bits per heavy atom. The van der Waals surface area contributed by atoms with Crippen LogP contribution >= 0.6 is 15.9 Å². The molecule has 1 N–H and O–H groups in total. The van der Waals surface area contributed by atoms with Gasteiger partial charge in [0, 0.05) is 15.6 Å². The number of rotatable bonds is 6. The zero-order chi connectivity index (χ0) is 18.2. The van der Waals surface area contributed by atoms with Crippen LogP contribution in [-0.4, -0.2) is 18.2 Å². The highest BCUT2D eigenvalue weighted by Crippen LogP contribution is 2.13. The molecule has 0 atom stereocenters. The summed E-state index contributed by atoms with van der Waals surface area (Å²) in [6, 6.07) is 26.2. The van der Waals surface area contributed by atoms with Crippen LogP contribution in [0.5, 0.6) is 5.75 Å². The average Bonchev–Trinajstić information content (AvgIpc) is 2.70. The molecule has 4 nitrogen and oxygen atoms in total. The first-order valence-electron chi connectivity index (χ1n) is 8.08. The Morgan fingerprint density at radius 1 is 0.846 bits per heavy atom. The van der Waals surface area contributed by atoms with Gasteiger partial charge in [0.05, 0.1) is 0 Å². The minimum Gasteiger partial charge on any atom is -0.487 e. The van der Waals surface area contributed by atoms with Gasteiger partial charge in [0.25, 0.3) is 5.91 Å². The van der Waals surface area contributed by atoms with Gasteiger partial charge >= 0.3 is 0 Å². The number of hydrazone groups is 1. The first-order chi connectivity index (χ1) is 12.7. The van der Waals surface area contributed by atoms with E-state index in [0.717, 1.165) is 15.8 Å². The van der Waals surface area contributed by atoms with Gasteiger partial charge in [-0.3, -0.25) is 4.79 Å². The van der Waals surface area contributed by atoms with Crippen LogP contribution in [0.15, 0.2) is 94.5 Å². The van der Waals surface area contributed by atoms with Crippen molar-refractivity contribution in [2.45, 2.75) is 0 Å². The van der Waals surface area contributed by atoms with Crippen LogP contribution in [0, 0.1) is 0 Å². The fourth-order valence-corrected chi connectivity index (χ4v) is 2.53. The number of hydrogen-bond donors (Lipinski definition) is 1. The Balaban J connectivity index is 1.77. The molecule has 0 saturated carbocycles. The Bertz CT molecular complexity index is 879. The van der Waals surface area contributed by atoms with E-state index in [-0.39, 0.29) is 12.5 Å². The largest absolute Gasteiger partial charge is 0.487 e. The number of benzene rings is 3. The third kappa shape index (κ3) is 5.04. The van der Waals surface area contributed by atoms with E-state index in [4.69, 9.17) is 4.74 Å². The summed E-state index contributed by atoms with van der Waals surface area (Å²) in [7, 11) is 0. The molecular weight excluding hydrogens is 392 g/mol. The second kappa shape index (κ2) is 8.97. The zero-order valence-corrected chi connectivity index (χ0v) is 15.5. The number of halogens is 1. The second-order valence-electron chi connectivity index (χ2n) is 5.47. The summed E-state index contributed by atoms with van der Waals surface area (Å²) < 4.78 is 6.77. The van der Waals surface area contributed by atoms with Gasteiger partial charge in [0.15, 0.2) is 0 Å². The molecule has 0 aromatic heterocycles. The fourth-order valence-electron chi connectivity index (χ4n) is 2.26. The SMILES string of the molecule is O=C(N/N=C(/COc1ccccc1)c1ccc(Br)cc1)c1ccccc1. The van der Waals surface area contributed by atoms with Crippen LogP contribution in [0.4, 0.5) is 0 Å². The number of hydrogen-bond acceptors (Lipinski definition) is 3. The van der Waals surface area contributed by atoms with E-state index in [1.165, 1.54) is 0 Å². The molecule has 0 aliphatic carbocycles. The Labute approximate surface area is 160 Å². The number of ether oxygens (including phenoxy) is 1. The molecule has 26 heavy (non-hydrogen) atoms. The van der Waals surface area contributed by atoms with E-state index in [2.05, 4.69) is 26.5 Å². The first-order valence-corrected chi connectivity index (χ1v) is 8.87. The average molecular weight is 409 g/mol. The fraction of sp³-hybridized carbons (Fsp3) is 0.0476. The lowest BCUT2D eigenvalue weighted by Crippen LogP contribution is -2.23. The van der Waals surface area contributed by atoms with Crippen molar-refractivity contribution in [1.82, 2.24) is 5.43 Å². The van der Waals surface area contributed by atoms with Crippen LogP contribution in [0.2, 0.25) is 0 Å². The normalized spacial score (nSPS) is 11.0. The Kier molecular flexibility index (Phi) is 6.17. The standard InChI is InChI=1S/C21H17BrN2O2/c22-18-13-11-16(12-14-18)20(15-26-19-9-5-2-6-10-19)23-24-21(25)17-7-3-1-4-8-17/h1-14H,15H2,(H,24,25)/b23-20-. The summed E-state index contributed by atoms with van der Waals surface area (Å²) >= 11 is 3.42. The van der Waals surface area contributed by atoms with E-state index >= 15 is 0 Å². The zero-order valence-electron chi connectivity index (χ0n) is 13.9. The predicted octanol–water partition coefficient (Wildman–Crippen LogP) is 4.66. The van der Waals surface area contributed by atoms with Gasteiger partial charge in [-0.15, -0.1) is 0 Å². The molecule has 0 aliphatic heterocycles. The van der Waals surface area contributed by atoms with Gasteiger partial charge in [-0.2, -0.15) is 5.10 Å². The van der Waals surface area contributed by atoms with Gasteiger partial charge in [0.2, 0.25) is 0 Å². The molecule has 0 radical (unpaired) electrons. The molecule has 0 aliphatic rings. The smallest absolute Gasteiger partial charge is 0.271 e. The number of nitrogens with zero attached hydrogens (tertiary/aromatic N) is 1. The molecular formula is C21H17BrN2O2. The highest BCUT2D eigenvalue weighted by atomic mass is 79.9. The van der Waals surface area contributed by atoms with Crippen LogP contribution < -0.4 is 10.2 Å². The summed E-state index contributed by atoms with van der Waals surface area (Å²) in [5.74, 6) is 0.478. The number of carbonyl (C=O) groups is 1. The van der Waals surface area contributed by atoms with Gasteiger partial charge in [-0.1, -0.05) is 64.5 Å². The minimum atomic E-state index is -0.264. The van der Waals surface area contributed by atoms with Crippen molar-refractivity contribution in [3.63, 3.8) is 0 Å². The maximum Gasteiger partial charge on any atom is 0.271 e. The van der Waals surface area contributed by atoms with Crippen LogP contribution in [0.25, 0.3) is 0 Å². The number of nitrogens with one attached hydrogen (secondary N) is 1. The second-order valence-corrected chi connectivity index (χ2v) is 6.39. The maximum atomic E-state index is 12.2. The molecule has 0 fully saturated rings. The van der Waals surface area contributed by atoms with Gasteiger partial charge in [0.1, 0.15) is 18.1 Å². The van der Waals surface area contributed by atoms with E-state index < -0.39 is 0 Å². The molecule has 5 heteroatoms. The summed E-state index contributed by atoms with van der Waals surface area (Å²) in [6.07, 6.45) is 0. The van der Waals surface area contributed by atoms with E-state index in [1.54, 1.807) is 12.1 Å². The third-order valence-electron chi connectivity index (χ3n) is 3.62. The Morgan fingerprint density at radius 2 is 1.46 bits per heavy atom. The summed E-state index contributed by atoms with van der Waals surface area (Å²) in [4.78, 5) is 12.2. The topological polar surface area (TPSA) is 50.7 Å². The van der Waals surface area contributed by atoms with E-state index in [1.807, 2.05) is 72.8 Å². The molecule has 0 spiro atoms. The van der Waals surface area contributed by atoms with Crippen LogP contribution in [0.3, 0.4) is 0 Å². The molecule has 1 amide bonds. The first kappa shape index (κ1) is 17.9. The molecule has 0 bridgehead atoms. The van der Waals surface area contributed by atoms with Crippen LogP contribution in [0.1, 0.15) is 15.9 Å². The van der Waals surface area contributed by atoms with Crippen molar-refractivity contribution in [2.24, 2.45) is 5.10 Å². The van der Waals surface area contributed by atoms with E-state index in [9.17, 15) is 4.79 Å². The number of carbonyl (C=O) groups excluding carboxylic acids is 1. The maximum absolute atomic E-state index is 12.2.